The lowest BCUT2D eigenvalue weighted by Crippen LogP contribution is -2.49. The van der Waals surface area contributed by atoms with Gasteiger partial charge in [0.15, 0.2) is 5.69 Å². The lowest BCUT2D eigenvalue weighted by atomic mass is 10.1. The molecule has 1 aliphatic rings. The van der Waals surface area contributed by atoms with Crippen LogP contribution in [0.2, 0.25) is 0 Å². The number of amides is 1. The number of nitrogens with zero attached hydrogens (tertiary/aromatic N) is 3. The van der Waals surface area contributed by atoms with Crippen molar-refractivity contribution in [1.29, 1.82) is 0 Å². The van der Waals surface area contributed by atoms with Gasteiger partial charge < -0.3 is 4.90 Å². The molecule has 4 nitrogen and oxygen atoms in total. The summed E-state index contributed by atoms with van der Waals surface area (Å²) in [6.07, 6.45) is 2.22. The second-order valence-corrected chi connectivity index (χ2v) is 4.99. The monoisotopic (exact) mass is 311 g/mol. The van der Waals surface area contributed by atoms with Crippen molar-refractivity contribution in [3.05, 3.63) is 29.6 Å². The third-order valence-electron chi connectivity index (χ3n) is 3.54. The number of rotatable bonds is 3. The van der Waals surface area contributed by atoms with Crippen LogP contribution in [0.1, 0.15) is 22.5 Å². The highest BCUT2D eigenvalue weighted by Crippen LogP contribution is 2.30. The molecule has 0 atom stereocenters. The van der Waals surface area contributed by atoms with Gasteiger partial charge in [-0.25, -0.2) is 0 Å². The van der Waals surface area contributed by atoms with E-state index in [0.29, 0.717) is 32.6 Å². The second kappa shape index (κ2) is 6.79. The molecule has 7 heteroatoms. The Morgan fingerprint density at radius 3 is 2.59 bits per heavy atom. The first-order valence-electron chi connectivity index (χ1n) is 6.91. The molecule has 0 bridgehead atoms. The number of aromatic nitrogens is 1. The molecule has 0 saturated carbocycles. The number of hydrogen-bond donors (Lipinski definition) is 0. The molecule has 1 aromatic rings. The van der Waals surface area contributed by atoms with E-state index in [9.17, 15) is 18.0 Å². The van der Waals surface area contributed by atoms with Gasteiger partial charge in [0.05, 0.1) is 5.56 Å². The van der Waals surface area contributed by atoms with Crippen LogP contribution in [0.15, 0.2) is 18.3 Å². The van der Waals surface area contributed by atoms with E-state index in [4.69, 9.17) is 6.42 Å². The van der Waals surface area contributed by atoms with Crippen LogP contribution in [0.3, 0.4) is 0 Å². The Morgan fingerprint density at radius 1 is 1.32 bits per heavy atom. The molecule has 22 heavy (non-hydrogen) atoms. The highest BCUT2D eigenvalue weighted by molar-refractivity contribution is 5.95. The first-order chi connectivity index (χ1) is 10.4. The Labute approximate surface area is 126 Å². The zero-order chi connectivity index (χ0) is 16.2. The average molecular weight is 311 g/mol. The Morgan fingerprint density at radius 2 is 2.00 bits per heavy atom. The average Bonchev–Trinajstić information content (AvgIpc) is 2.52. The van der Waals surface area contributed by atoms with Crippen molar-refractivity contribution < 1.29 is 18.0 Å². The summed E-state index contributed by atoms with van der Waals surface area (Å²) in [5.41, 5.74) is -1.53. The molecule has 0 radical (unpaired) electrons. The normalized spacial score (nSPS) is 16.4. The molecule has 0 aliphatic carbocycles. The summed E-state index contributed by atoms with van der Waals surface area (Å²) in [5, 5.41) is 0. The van der Waals surface area contributed by atoms with E-state index in [1.165, 1.54) is 17.0 Å². The van der Waals surface area contributed by atoms with Crippen LogP contribution in [-0.2, 0) is 6.18 Å². The van der Waals surface area contributed by atoms with Crippen LogP contribution in [-0.4, -0.2) is 53.4 Å². The molecule has 1 amide bonds. The summed E-state index contributed by atoms with van der Waals surface area (Å²) in [4.78, 5) is 19.2. The van der Waals surface area contributed by atoms with E-state index in [1.807, 2.05) is 0 Å². The fourth-order valence-electron chi connectivity index (χ4n) is 2.37. The van der Waals surface area contributed by atoms with Crippen LogP contribution in [0.4, 0.5) is 13.2 Å². The van der Waals surface area contributed by atoms with Crippen LogP contribution < -0.4 is 0 Å². The van der Waals surface area contributed by atoms with Gasteiger partial charge in [0.25, 0.3) is 5.91 Å². The summed E-state index contributed by atoms with van der Waals surface area (Å²) < 4.78 is 38.8. The first kappa shape index (κ1) is 16.3. The number of piperazine rings is 1. The number of halogens is 3. The Balaban J connectivity index is 2.07. The van der Waals surface area contributed by atoms with E-state index in [-0.39, 0.29) is 0 Å². The van der Waals surface area contributed by atoms with E-state index < -0.39 is 23.3 Å². The highest BCUT2D eigenvalue weighted by atomic mass is 19.4. The number of pyridine rings is 1. The predicted molar refractivity (Wildman–Crippen MR) is 75.0 cm³/mol. The van der Waals surface area contributed by atoms with Crippen molar-refractivity contribution in [2.45, 2.75) is 12.6 Å². The summed E-state index contributed by atoms with van der Waals surface area (Å²) in [6.45, 7) is 2.72. The molecule has 0 unspecified atom stereocenters. The molecule has 0 aromatic carbocycles. The lowest BCUT2D eigenvalue weighted by molar-refractivity contribution is -0.141. The maximum absolute atomic E-state index is 12.9. The fourth-order valence-corrected chi connectivity index (χ4v) is 2.37. The zero-order valence-corrected chi connectivity index (χ0v) is 11.9. The van der Waals surface area contributed by atoms with Crippen molar-refractivity contribution in [3.8, 4) is 12.3 Å². The van der Waals surface area contributed by atoms with Gasteiger partial charge in [-0.15, -0.1) is 12.3 Å². The van der Waals surface area contributed by atoms with Gasteiger partial charge in [0, 0.05) is 45.3 Å². The molecule has 1 fully saturated rings. The minimum absolute atomic E-state index is 0.385. The van der Waals surface area contributed by atoms with Gasteiger partial charge >= 0.3 is 6.18 Å². The van der Waals surface area contributed by atoms with E-state index in [0.717, 1.165) is 12.7 Å². The third-order valence-corrected chi connectivity index (χ3v) is 3.54. The zero-order valence-electron chi connectivity index (χ0n) is 11.9. The molecular weight excluding hydrogens is 295 g/mol. The maximum atomic E-state index is 12.9. The summed E-state index contributed by atoms with van der Waals surface area (Å²) in [7, 11) is 0. The van der Waals surface area contributed by atoms with Crippen LogP contribution in [0.5, 0.6) is 0 Å². The number of carbonyl (C=O) groups excluding carboxylic acids is 1. The summed E-state index contributed by atoms with van der Waals surface area (Å²) >= 11 is 0. The number of alkyl halides is 3. The van der Waals surface area contributed by atoms with E-state index in [1.54, 1.807) is 0 Å². The number of carbonyl (C=O) groups is 1. The smallest absolute Gasteiger partial charge is 0.336 e. The second-order valence-electron chi connectivity index (χ2n) is 4.99. The van der Waals surface area contributed by atoms with Crippen LogP contribution >= 0.6 is 0 Å². The minimum Gasteiger partial charge on any atom is -0.336 e. The first-order valence-corrected chi connectivity index (χ1v) is 6.91. The highest BCUT2D eigenvalue weighted by Gasteiger charge is 2.38. The van der Waals surface area contributed by atoms with E-state index >= 15 is 0 Å². The number of terminal acetylenes is 1. The molecule has 1 aliphatic heterocycles. The third kappa shape index (κ3) is 3.77. The SMILES string of the molecule is C#CCCN1CCN(C(=O)c2cccnc2C(F)(F)F)CC1. The van der Waals surface area contributed by atoms with Crippen molar-refractivity contribution >= 4 is 5.91 Å². The van der Waals surface area contributed by atoms with Gasteiger partial charge in [-0.05, 0) is 12.1 Å². The quantitative estimate of drug-likeness (QED) is 0.800. The van der Waals surface area contributed by atoms with Gasteiger partial charge in [-0.1, -0.05) is 0 Å². The van der Waals surface area contributed by atoms with Crippen molar-refractivity contribution in [1.82, 2.24) is 14.8 Å². The van der Waals surface area contributed by atoms with Gasteiger partial charge in [0.2, 0.25) is 0 Å². The molecule has 1 saturated heterocycles. The Bertz CT molecular complexity index is 572. The Kier molecular flexibility index (Phi) is 5.03. The molecule has 2 rings (SSSR count). The van der Waals surface area contributed by atoms with Crippen molar-refractivity contribution in [2.24, 2.45) is 0 Å². The molecule has 0 N–H and O–H groups in total. The van der Waals surface area contributed by atoms with E-state index in [2.05, 4.69) is 15.8 Å². The van der Waals surface area contributed by atoms with Crippen LogP contribution in [0.25, 0.3) is 0 Å². The van der Waals surface area contributed by atoms with Gasteiger partial charge in [-0.2, -0.15) is 13.2 Å². The maximum Gasteiger partial charge on any atom is 0.434 e. The Hall–Kier alpha value is -2.07. The van der Waals surface area contributed by atoms with Gasteiger partial charge in [-0.3, -0.25) is 14.7 Å². The molecular formula is C15H16F3N3O. The topological polar surface area (TPSA) is 36.4 Å². The molecule has 0 spiro atoms. The van der Waals surface area contributed by atoms with Crippen molar-refractivity contribution in [2.75, 3.05) is 32.7 Å². The van der Waals surface area contributed by atoms with Crippen LogP contribution in [0, 0.1) is 12.3 Å². The predicted octanol–water partition coefficient (Wildman–Crippen LogP) is 1.88. The number of hydrogen-bond acceptors (Lipinski definition) is 3. The molecule has 118 valence electrons. The fraction of sp³-hybridized carbons (Fsp3) is 0.467. The molecule has 2 heterocycles. The summed E-state index contributed by atoms with van der Waals surface area (Å²) in [6, 6.07) is 2.51. The molecule has 1 aromatic heterocycles. The largest absolute Gasteiger partial charge is 0.434 e. The van der Waals surface area contributed by atoms with Gasteiger partial charge in [0.1, 0.15) is 0 Å². The minimum atomic E-state index is -4.64. The standard InChI is InChI=1S/C15H16F3N3O/c1-2-3-7-20-8-10-21(11-9-20)14(22)12-5-4-6-19-13(12)15(16,17)18/h1,4-6H,3,7-11H2. The van der Waals surface area contributed by atoms with Crippen molar-refractivity contribution in [3.63, 3.8) is 0 Å². The summed E-state index contributed by atoms with van der Waals surface area (Å²) in [5.74, 6) is 1.92. The lowest BCUT2D eigenvalue weighted by Gasteiger charge is -2.34.